The van der Waals surface area contributed by atoms with Gasteiger partial charge < -0.3 is 15.0 Å². The molecule has 5 rings (SSSR count). The number of anilines is 2. The van der Waals surface area contributed by atoms with Crippen LogP contribution in [-0.2, 0) is 6.54 Å². The second kappa shape index (κ2) is 9.62. The molecule has 0 fully saturated rings. The fourth-order valence-electron chi connectivity index (χ4n) is 4.45. The van der Waals surface area contributed by atoms with E-state index in [9.17, 15) is 4.79 Å². The molecular weight excluding hydrogens is 438 g/mol. The van der Waals surface area contributed by atoms with Gasteiger partial charge in [0, 0.05) is 42.1 Å². The van der Waals surface area contributed by atoms with Crippen LogP contribution in [0.4, 0.5) is 11.4 Å². The summed E-state index contributed by atoms with van der Waals surface area (Å²) in [7, 11) is 1.61. The fourth-order valence-corrected chi connectivity index (χ4v) is 4.45. The number of rotatable bonds is 7. The van der Waals surface area contributed by atoms with Gasteiger partial charge >= 0.3 is 0 Å². The maximum Gasteiger partial charge on any atom is 0.255 e. The molecule has 3 aromatic carbocycles. The molecule has 2 heterocycles. The number of carbonyl (C=O) groups excluding carboxylic acids is 1. The molecule has 1 amide bonds. The summed E-state index contributed by atoms with van der Waals surface area (Å²) in [6.45, 7) is 5.71. The van der Waals surface area contributed by atoms with Gasteiger partial charge in [-0.2, -0.15) is 5.10 Å². The Morgan fingerprint density at radius 3 is 2.66 bits per heavy atom. The predicted molar refractivity (Wildman–Crippen MR) is 137 cm³/mol. The van der Waals surface area contributed by atoms with Crippen LogP contribution in [0.1, 0.15) is 53.1 Å². The van der Waals surface area contributed by atoms with Crippen LogP contribution in [0.15, 0.2) is 79.1 Å². The van der Waals surface area contributed by atoms with Gasteiger partial charge in [-0.3, -0.25) is 9.48 Å². The summed E-state index contributed by atoms with van der Waals surface area (Å²) < 4.78 is 7.16. The molecule has 0 bridgehead atoms. The molecule has 7 nitrogen and oxygen atoms in total. The van der Waals surface area contributed by atoms with E-state index in [0.29, 0.717) is 17.0 Å². The Morgan fingerprint density at radius 2 is 1.91 bits per heavy atom. The molecule has 0 saturated carbocycles. The third kappa shape index (κ3) is 4.75. The van der Waals surface area contributed by atoms with Crippen LogP contribution in [0.2, 0.25) is 0 Å². The third-order valence-corrected chi connectivity index (χ3v) is 6.32. The number of nitrogens with one attached hydrogen (secondary N) is 1. The number of hydrogen-bond donors (Lipinski definition) is 1. The first-order valence-electron chi connectivity index (χ1n) is 11.8. The Labute approximate surface area is 205 Å². The Bertz CT molecular complexity index is 1330. The molecular formula is C28H29N5O2. The zero-order valence-electron chi connectivity index (χ0n) is 20.2. The zero-order chi connectivity index (χ0) is 24.4. The highest BCUT2D eigenvalue weighted by molar-refractivity contribution is 6.04. The quantitative estimate of drug-likeness (QED) is 0.401. The van der Waals surface area contributed by atoms with Crippen molar-refractivity contribution in [3.8, 4) is 5.75 Å². The van der Waals surface area contributed by atoms with Crippen LogP contribution < -0.4 is 15.0 Å². The zero-order valence-corrected chi connectivity index (χ0v) is 20.2. The van der Waals surface area contributed by atoms with Gasteiger partial charge in [-0.15, -0.1) is 0 Å². The number of benzene rings is 3. The summed E-state index contributed by atoms with van der Waals surface area (Å²) in [6, 6.07) is 23.9. The normalized spacial score (nSPS) is 14.7. The smallest absolute Gasteiger partial charge is 0.255 e. The van der Waals surface area contributed by atoms with Crippen molar-refractivity contribution in [2.75, 3.05) is 23.9 Å². The Hall–Kier alpha value is -4.13. The van der Waals surface area contributed by atoms with E-state index in [1.807, 2.05) is 47.1 Å². The van der Waals surface area contributed by atoms with E-state index >= 15 is 0 Å². The van der Waals surface area contributed by atoms with E-state index in [1.165, 1.54) is 5.56 Å². The highest BCUT2D eigenvalue weighted by atomic mass is 16.5. The van der Waals surface area contributed by atoms with Crippen molar-refractivity contribution in [2.24, 2.45) is 0 Å². The largest absolute Gasteiger partial charge is 0.497 e. The molecule has 7 heteroatoms. The number of ether oxygens (including phenoxy) is 1. The minimum atomic E-state index is -0.165. The molecule has 1 aliphatic heterocycles. The first-order chi connectivity index (χ1) is 17.0. The van der Waals surface area contributed by atoms with Crippen LogP contribution in [-0.4, -0.2) is 34.3 Å². The first-order valence-corrected chi connectivity index (χ1v) is 11.8. The van der Waals surface area contributed by atoms with Crippen molar-refractivity contribution in [1.29, 1.82) is 0 Å². The molecule has 1 aliphatic rings. The molecule has 1 N–H and O–H groups in total. The molecule has 1 unspecified atom stereocenters. The van der Waals surface area contributed by atoms with Crippen LogP contribution in [0.25, 0.3) is 0 Å². The molecule has 0 spiro atoms. The maximum atomic E-state index is 13.1. The number of nitrogens with zero attached hydrogens (tertiary/aromatic N) is 4. The van der Waals surface area contributed by atoms with Gasteiger partial charge in [-0.25, -0.2) is 4.98 Å². The maximum absolute atomic E-state index is 13.1. The molecule has 1 aromatic heterocycles. The molecule has 35 heavy (non-hydrogen) atoms. The summed E-state index contributed by atoms with van der Waals surface area (Å²) in [5.74, 6) is 1.29. The minimum Gasteiger partial charge on any atom is -0.497 e. The fraction of sp³-hybridized carbons (Fsp3) is 0.250. The van der Waals surface area contributed by atoms with Crippen LogP contribution in [0.5, 0.6) is 5.75 Å². The van der Waals surface area contributed by atoms with Crippen LogP contribution >= 0.6 is 0 Å². The molecule has 178 valence electrons. The average molecular weight is 468 g/mol. The van der Waals surface area contributed by atoms with E-state index in [2.05, 4.69) is 53.3 Å². The summed E-state index contributed by atoms with van der Waals surface area (Å²) >= 11 is 0. The van der Waals surface area contributed by atoms with Gasteiger partial charge in [0.2, 0.25) is 0 Å². The lowest BCUT2D eigenvalue weighted by atomic mass is 9.98. The number of methoxy groups -OCH3 is 1. The monoisotopic (exact) mass is 467 g/mol. The topological polar surface area (TPSA) is 72.3 Å². The summed E-state index contributed by atoms with van der Waals surface area (Å²) in [6.07, 6.45) is 1.79. The first kappa shape index (κ1) is 22.7. The lowest BCUT2D eigenvalue weighted by Crippen LogP contribution is -2.22. The van der Waals surface area contributed by atoms with Gasteiger partial charge in [0.1, 0.15) is 12.1 Å². The van der Waals surface area contributed by atoms with Crippen molar-refractivity contribution in [3.05, 3.63) is 102 Å². The molecule has 0 radical (unpaired) electrons. The van der Waals surface area contributed by atoms with E-state index in [0.717, 1.165) is 30.2 Å². The van der Waals surface area contributed by atoms with E-state index in [-0.39, 0.29) is 17.9 Å². The Balaban J connectivity index is 1.47. The van der Waals surface area contributed by atoms with Crippen LogP contribution in [0.3, 0.4) is 0 Å². The van der Waals surface area contributed by atoms with Crippen molar-refractivity contribution in [3.63, 3.8) is 0 Å². The van der Waals surface area contributed by atoms with Crippen molar-refractivity contribution >= 4 is 17.3 Å². The molecule has 4 aromatic rings. The van der Waals surface area contributed by atoms with E-state index in [1.54, 1.807) is 19.5 Å². The minimum absolute atomic E-state index is 0.0155. The van der Waals surface area contributed by atoms with Crippen molar-refractivity contribution < 1.29 is 9.53 Å². The lowest BCUT2D eigenvalue weighted by Gasteiger charge is -2.20. The average Bonchev–Trinajstić information content (AvgIpc) is 3.50. The van der Waals surface area contributed by atoms with Crippen molar-refractivity contribution in [2.45, 2.75) is 32.4 Å². The number of fused-ring (bicyclic) bond motifs is 1. The molecule has 0 saturated heterocycles. The molecule has 1 atom stereocenters. The van der Waals surface area contributed by atoms with Crippen molar-refractivity contribution in [1.82, 2.24) is 14.8 Å². The number of hydrogen-bond acceptors (Lipinski definition) is 5. The molecule has 0 aliphatic carbocycles. The number of amides is 1. The predicted octanol–water partition coefficient (Wildman–Crippen LogP) is 5.27. The SMILES string of the molecule is COc1cccc(NC(=O)c2ccc3c(c2)C(c2ncn(C(C)C)n2)CN3Cc2ccccc2)c1. The Morgan fingerprint density at radius 1 is 1.09 bits per heavy atom. The lowest BCUT2D eigenvalue weighted by molar-refractivity contribution is 0.102. The van der Waals surface area contributed by atoms with Crippen LogP contribution in [0, 0.1) is 0 Å². The second-order valence-corrected chi connectivity index (χ2v) is 9.05. The standard InChI is InChI=1S/C28H29N5O2/c1-19(2)33-18-29-27(31-33)25-17-32(16-20-8-5-4-6-9-20)26-13-12-21(14-24(25)26)28(34)30-22-10-7-11-23(15-22)35-3/h4-15,18-19,25H,16-17H2,1-3H3,(H,30,34). The van der Waals surface area contributed by atoms with Gasteiger partial charge in [0.25, 0.3) is 5.91 Å². The summed E-state index contributed by atoms with van der Waals surface area (Å²) in [5.41, 5.74) is 4.70. The van der Waals surface area contributed by atoms with E-state index in [4.69, 9.17) is 9.84 Å². The highest BCUT2D eigenvalue weighted by Crippen LogP contribution is 2.40. The van der Waals surface area contributed by atoms with Gasteiger partial charge in [0.15, 0.2) is 5.82 Å². The van der Waals surface area contributed by atoms with Gasteiger partial charge in [-0.1, -0.05) is 36.4 Å². The number of aromatic nitrogens is 3. The number of carbonyl (C=O) groups is 1. The third-order valence-electron chi connectivity index (χ3n) is 6.32. The van der Waals surface area contributed by atoms with E-state index < -0.39 is 0 Å². The summed E-state index contributed by atoms with van der Waals surface area (Å²) in [4.78, 5) is 20.1. The highest BCUT2D eigenvalue weighted by Gasteiger charge is 2.33. The summed E-state index contributed by atoms with van der Waals surface area (Å²) in [5, 5.41) is 7.74. The Kier molecular flexibility index (Phi) is 6.23. The second-order valence-electron chi connectivity index (χ2n) is 9.05. The van der Waals surface area contributed by atoms with Gasteiger partial charge in [0.05, 0.1) is 13.0 Å². The van der Waals surface area contributed by atoms with Gasteiger partial charge in [-0.05, 0) is 55.3 Å².